The number of nitrogens with one attached hydrogen (secondary N) is 1. The van der Waals surface area contributed by atoms with E-state index in [2.05, 4.69) is 10.4 Å². The normalized spacial score (nSPS) is 11.1. The molecular weight excluding hydrogens is 509 g/mol. The Kier molecular flexibility index (Phi) is 6.68. The zero-order chi connectivity index (χ0) is 24.4. The highest BCUT2D eigenvalue weighted by atomic mass is 35.5. The van der Waals surface area contributed by atoms with Crippen molar-refractivity contribution in [3.05, 3.63) is 111 Å². The van der Waals surface area contributed by atoms with E-state index in [1.165, 1.54) is 0 Å². The minimum Gasteiger partial charge on any atom is -0.486 e. The molecule has 0 fully saturated rings. The van der Waals surface area contributed by atoms with Crippen molar-refractivity contribution in [1.82, 2.24) is 9.78 Å². The van der Waals surface area contributed by atoms with Crippen molar-refractivity contribution in [2.24, 2.45) is 0 Å². The first-order valence-corrected chi connectivity index (χ1v) is 11.8. The molecule has 5 rings (SSSR count). The van der Waals surface area contributed by atoms with E-state index < -0.39 is 5.91 Å². The zero-order valence-corrected chi connectivity index (χ0v) is 20.4. The first kappa shape index (κ1) is 23.3. The van der Waals surface area contributed by atoms with E-state index >= 15 is 0 Å². The van der Waals surface area contributed by atoms with Gasteiger partial charge in [0, 0.05) is 6.20 Å². The predicted octanol–water partition coefficient (Wildman–Crippen LogP) is 7.47. The summed E-state index contributed by atoms with van der Waals surface area (Å²) in [5, 5.41) is 10.5. The third-order valence-electron chi connectivity index (χ3n) is 5.27. The first-order chi connectivity index (χ1) is 16.9. The van der Waals surface area contributed by atoms with Crippen molar-refractivity contribution in [1.29, 1.82) is 0 Å². The fourth-order valence-electron chi connectivity index (χ4n) is 3.55. The lowest BCUT2D eigenvalue weighted by Gasteiger charge is -2.06. The highest BCUT2D eigenvalue weighted by molar-refractivity contribution is 6.42. The number of halogens is 3. The molecule has 176 valence electrons. The molecule has 0 radical (unpaired) electrons. The topological polar surface area (TPSA) is 69.3 Å². The van der Waals surface area contributed by atoms with Crippen LogP contribution in [0.5, 0.6) is 5.75 Å². The SMILES string of the molecule is O=C(Nc1nn(Cc2ccc(Cl)c(Cl)c2)cc1Cl)c1ccc(COc2ccc3ccccc3c2)o1. The molecule has 2 heterocycles. The molecule has 35 heavy (non-hydrogen) atoms. The molecule has 0 aliphatic heterocycles. The van der Waals surface area contributed by atoms with Crippen LogP contribution in [-0.2, 0) is 13.2 Å². The smallest absolute Gasteiger partial charge is 0.292 e. The third kappa shape index (κ3) is 5.46. The number of anilines is 1. The van der Waals surface area contributed by atoms with Gasteiger partial charge in [0.1, 0.15) is 23.1 Å². The van der Waals surface area contributed by atoms with Crippen molar-refractivity contribution in [2.75, 3.05) is 5.32 Å². The monoisotopic (exact) mass is 525 g/mol. The minimum absolute atomic E-state index is 0.122. The largest absolute Gasteiger partial charge is 0.486 e. The lowest BCUT2D eigenvalue weighted by Crippen LogP contribution is -2.12. The van der Waals surface area contributed by atoms with Crippen LogP contribution in [-0.4, -0.2) is 15.7 Å². The molecule has 2 aromatic heterocycles. The van der Waals surface area contributed by atoms with Crippen LogP contribution < -0.4 is 10.1 Å². The predicted molar refractivity (Wildman–Crippen MR) is 138 cm³/mol. The van der Waals surface area contributed by atoms with Gasteiger partial charge in [-0.1, -0.05) is 71.2 Å². The molecule has 0 saturated carbocycles. The number of nitrogens with zero attached hydrogens (tertiary/aromatic N) is 2. The van der Waals surface area contributed by atoms with E-state index in [-0.39, 0.29) is 18.2 Å². The molecule has 3 aromatic carbocycles. The molecule has 0 unspecified atom stereocenters. The van der Waals surface area contributed by atoms with E-state index in [9.17, 15) is 4.79 Å². The number of rotatable bonds is 7. The lowest BCUT2D eigenvalue weighted by atomic mass is 10.1. The van der Waals surface area contributed by atoms with Crippen LogP contribution >= 0.6 is 34.8 Å². The van der Waals surface area contributed by atoms with E-state index in [0.29, 0.717) is 33.1 Å². The Morgan fingerprint density at radius 2 is 1.74 bits per heavy atom. The fraction of sp³-hybridized carbons (Fsp3) is 0.0769. The second kappa shape index (κ2) is 10.0. The van der Waals surface area contributed by atoms with Crippen molar-refractivity contribution in [3.8, 4) is 5.75 Å². The maximum absolute atomic E-state index is 12.7. The summed E-state index contributed by atoms with van der Waals surface area (Å²) in [6.07, 6.45) is 1.62. The van der Waals surface area contributed by atoms with Crippen LogP contribution in [0.2, 0.25) is 15.1 Å². The summed E-state index contributed by atoms with van der Waals surface area (Å²) in [7, 11) is 0. The van der Waals surface area contributed by atoms with Gasteiger partial charge in [0.25, 0.3) is 5.91 Å². The Labute approximate surface area is 216 Å². The maximum atomic E-state index is 12.7. The van der Waals surface area contributed by atoms with Crippen LogP contribution in [0, 0.1) is 0 Å². The Morgan fingerprint density at radius 1 is 0.914 bits per heavy atom. The Bertz CT molecular complexity index is 1530. The summed E-state index contributed by atoms with van der Waals surface area (Å²) in [6.45, 7) is 0.591. The van der Waals surface area contributed by atoms with Gasteiger partial charge in [-0.15, -0.1) is 0 Å². The number of hydrogen-bond donors (Lipinski definition) is 1. The number of amides is 1. The number of fused-ring (bicyclic) bond motifs is 1. The highest BCUT2D eigenvalue weighted by Gasteiger charge is 2.16. The van der Waals surface area contributed by atoms with Crippen molar-refractivity contribution >= 4 is 57.3 Å². The lowest BCUT2D eigenvalue weighted by molar-refractivity contribution is 0.0992. The Balaban J connectivity index is 1.21. The highest BCUT2D eigenvalue weighted by Crippen LogP contribution is 2.25. The van der Waals surface area contributed by atoms with Crippen LogP contribution in [0.3, 0.4) is 0 Å². The van der Waals surface area contributed by atoms with Gasteiger partial charge in [-0.25, -0.2) is 0 Å². The van der Waals surface area contributed by atoms with E-state index in [4.69, 9.17) is 44.0 Å². The standard InChI is InChI=1S/C26H18Cl3N3O3/c27-21-9-5-16(11-22(21)28)13-32-14-23(29)25(31-32)30-26(33)24-10-8-20(35-24)15-34-19-7-6-17-3-1-2-4-18(17)12-19/h1-12,14H,13,15H2,(H,30,31,33). The van der Waals surface area contributed by atoms with Gasteiger partial charge < -0.3 is 14.5 Å². The summed E-state index contributed by atoms with van der Waals surface area (Å²) in [5.41, 5.74) is 0.888. The number of carbonyl (C=O) groups is 1. The van der Waals surface area contributed by atoms with Gasteiger partial charge in [-0.3, -0.25) is 9.48 Å². The summed E-state index contributed by atoms with van der Waals surface area (Å²) < 4.78 is 13.1. The van der Waals surface area contributed by atoms with Crippen molar-refractivity contribution in [2.45, 2.75) is 13.2 Å². The van der Waals surface area contributed by atoms with Gasteiger partial charge in [0.2, 0.25) is 0 Å². The van der Waals surface area contributed by atoms with E-state index in [1.807, 2.05) is 48.5 Å². The summed E-state index contributed by atoms with van der Waals surface area (Å²) in [4.78, 5) is 12.7. The number of furan rings is 1. The molecule has 1 N–H and O–H groups in total. The molecule has 9 heteroatoms. The number of ether oxygens (including phenoxy) is 1. The number of carbonyl (C=O) groups excluding carboxylic acids is 1. The number of benzene rings is 3. The Hall–Kier alpha value is -3.45. The summed E-state index contributed by atoms with van der Waals surface area (Å²) in [6, 6.07) is 22.5. The molecule has 5 aromatic rings. The van der Waals surface area contributed by atoms with Gasteiger partial charge in [-0.05, 0) is 52.7 Å². The average Bonchev–Trinajstić information content (AvgIpc) is 3.46. The quantitative estimate of drug-likeness (QED) is 0.239. The fourth-order valence-corrected chi connectivity index (χ4v) is 4.06. The number of hydrogen-bond acceptors (Lipinski definition) is 4. The molecule has 0 atom stereocenters. The zero-order valence-electron chi connectivity index (χ0n) is 18.2. The molecular formula is C26H18Cl3N3O3. The van der Waals surface area contributed by atoms with E-state index in [0.717, 1.165) is 16.3 Å². The minimum atomic E-state index is -0.469. The molecule has 0 bridgehead atoms. The van der Waals surface area contributed by atoms with Gasteiger partial charge >= 0.3 is 0 Å². The maximum Gasteiger partial charge on any atom is 0.292 e. The van der Waals surface area contributed by atoms with Crippen molar-refractivity contribution < 1.29 is 13.9 Å². The molecule has 0 aliphatic carbocycles. The van der Waals surface area contributed by atoms with Crippen molar-refractivity contribution in [3.63, 3.8) is 0 Å². The van der Waals surface area contributed by atoms with E-state index in [1.54, 1.807) is 35.1 Å². The number of aromatic nitrogens is 2. The van der Waals surface area contributed by atoms with Crippen LogP contribution in [0.4, 0.5) is 5.82 Å². The molecule has 0 aliphatic rings. The van der Waals surface area contributed by atoms with Crippen LogP contribution in [0.25, 0.3) is 10.8 Å². The Morgan fingerprint density at radius 3 is 2.57 bits per heavy atom. The summed E-state index contributed by atoms with van der Waals surface area (Å²) in [5.74, 6) is 1.10. The molecule has 0 spiro atoms. The second-order valence-corrected chi connectivity index (χ2v) is 9.01. The first-order valence-electron chi connectivity index (χ1n) is 10.6. The molecule has 1 amide bonds. The average molecular weight is 527 g/mol. The third-order valence-corrected chi connectivity index (χ3v) is 6.28. The van der Waals surface area contributed by atoms with Crippen LogP contribution in [0.15, 0.2) is 83.4 Å². The molecule has 6 nitrogen and oxygen atoms in total. The van der Waals surface area contributed by atoms with Gasteiger partial charge in [0.15, 0.2) is 11.6 Å². The second-order valence-electron chi connectivity index (χ2n) is 7.79. The van der Waals surface area contributed by atoms with Gasteiger partial charge in [0.05, 0.1) is 16.6 Å². The molecule has 0 saturated heterocycles. The van der Waals surface area contributed by atoms with Gasteiger partial charge in [-0.2, -0.15) is 5.10 Å². The van der Waals surface area contributed by atoms with Crippen LogP contribution in [0.1, 0.15) is 21.9 Å². The summed E-state index contributed by atoms with van der Waals surface area (Å²) >= 11 is 18.3.